The van der Waals surface area contributed by atoms with Crippen molar-refractivity contribution in [1.82, 2.24) is 25.2 Å². The first-order chi connectivity index (χ1) is 17.1. The molecule has 3 N–H and O–H groups in total. The van der Waals surface area contributed by atoms with Crippen LogP contribution in [0.3, 0.4) is 0 Å². The highest BCUT2D eigenvalue weighted by molar-refractivity contribution is 7.15. The molecule has 4 rings (SSSR count). The Labute approximate surface area is 209 Å². The molecule has 0 aliphatic carbocycles. The third-order valence-corrected chi connectivity index (χ3v) is 7.09. The number of nitrogens with zero attached hydrogens (tertiary/aromatic N) is 5. The summed E-state index contributed by atoms with van der Waals surface area (Å²) in [6, 6.07) is 9.27. The van der Waals surface area contributed by atoms with Gasteiger partial charge in [-0.2, -0.15) is 5.26 Å². The minimum absolute atomic E-state index is 0.0987. The van der Waals surface area contributed by atoms with Gasteiger partial charge in [-0.3, -0.25) is 9.78 Å². The summed E-state index contributed by atoms with van der Waals surface area (Å²) in [7, 11) is 0. The van der Waals surface area contributed by atoms with Gasteiger partial charge in [-0.25, -0.2) is 9.97 Å². The minimum atomic E-state index is -0.307. The Bertz CT molecular complexity index is 1180. The van der Waals surface area contributed by atoms with E-state index in [1.807, 2.05) is 30.5 Å². The smallest absolute Gasteiger partial charge is 0.270 e. The van der Waals surface area contributed by atoms with Gasteiger partial charge < -0.3 is 20.7 Å². The van der Waals surface area contributed by atoms with Crippen molar-refractivity contribution < 1.29 is 9.53 Å². The molecule has 0 radical (unpaired) electrons. The largest absolute Gasteiger partial charge is 0.477 e. The quantitative estimate of drug-likeness (QED) is 0.467. The van der Waals surface area contributed by atoms with Gasteiger partial charge in [0.05, 0.1) is 18.0 Å². The molecule has 3 aromatic heterocycles. The fourth-order valence-electron chi connectivity index (χ4n) is 4.05. The third kappa shape index (κ3) is 6.32. The molecule has 0 atom stereocenters. The third-order valence-electron chi connectivity index (χ3n) is 6.01. The summed E-state index contributed by atoms with van der Waals surface area (Å²) < 4.78 is 5.38. The maximum absolute atomic E-state index is 12.6. The number of ether oxygens (including phenoxy) is 1. The lowest BCUT2D eigenvalue weighted by molar-refractivity contribution is 0.0930. The highest BCUT2D eigenvalue weighted by Gasteiger charge is 2.21. The van der Waals surface area contributed by atoms with Crippen molar-refractivity contribution in [2.45, 2.75) is 26.2 Å². The predicted molar refractivity (Wildman–Crippen MR) is 135 cm³/mol. The van der Waals surface area contributed by atoms with E-state index in [1.165, 1.54) is 10.9 Å². The number of likely N-dealkylation sites (tertiary alicyclic amines) is 1. The predicted octanol–water partition coefficient (Wildman–Crippen LogP) is 3.14. The normalized spacial score (nSPS) is 14.4. The minimum Gasteiger partial charge on any atom is -0.477 e. The molecular formula is C25H29N7O2S. The Morgan fingerprint density at radius 2 is 2.17 bits per heavy atom. The Hall–Kier alpha value is -3.55. The molecule has 1 aliphatic heterocycles. The molecule has 0 saturated carbocycles. The lowest BCUT2D eigenvalue weighted by atomic mass is 9.96. The number of hydrogen-bond donors (Lipinski definition) is 2. The van der Waals surface area contributed by atoms with E-state index < -0.39 is 0 Å². The molecule has 182 valence electrons. The van der Waals surface area contributed by atoms with Gasteiger partial charge in [-0.1, -0.05) is 6.07 Å². The van der Waals surface area contributed by atoms with Crippen LogP contribution in [-0.2, 0) is 6.42 Å². The van der Waals surface area contributed by atoms with E-state index in [0.29, 0.717) is 19.1 Å². The molecule has 0 spiro atoms. The number of aromatic nitrogens is 3. The number of pyridine rings is 2. The first kappa shape index (κ1) is 24.6. The van der Waals surface area contributed by atoms with Crippen molar-refractivity contribution in [3.05, 3.63) is 52.8 Å². The van der Waals surface area contributed by atoms with Crippen molar-refractivity contribution in [3.63, 3.8) is 0 Å². The number of amides is 1. The van der Waals surface area contributed by atoms with Gasteiger partial charge in [0.1, 0.15) is 22.3 Å². The van der Waals surface area contributed by atoms with Crippen LogP contribution in [0.2, 0.25) is 0 Å². The fraction of sp³-hybridized carbons (Fsp3) is 0.400. The first-order valence-corrected chi connectivity index (χ1v) is 12.6. The zero-order valence-corrected chi connectivity index (χ0v) is 20.6. The number of nitrogens with one attached hydrogen (secondary N) is 1. The van der Waals surface area contributed by atoms with Crippen molar-refractivity contribution in [2.24, 2.45) is 5.92 Å². The molecule has 0 bridgehead atoms. The van der Waals surface area contributed by atoms with E-state index in [4.69, 9.17) is 10.5 Å². The number of nitrogens with two attached hydrogens (primary N) is 1. The van der Waals surface area contributed by atoms with Crippen molar-refractivity contribution in [2.75, 3.05) is 38.5 Å². The van der Waals surface area contributed by atoms with Crippen LogP contribution in [0.4, 0.5) is 5.69 Å². The van der Waals surface area contributed by atoms with E-state index in [0.717, 1.165) is 49.6 Å². The molecule has 1 fully saturated rings. The highest BCUT2D eigenvalue weighted by atomic mass is 32.1. The van der Waals surface area contributed by atoms with Crippen LogP contribution in [0.25, 0.3) is 10.7 Å². The molecule has 1 amide bonds. The molecule has 3 aromatic rings. The second-order valence-corrected chi connectivity index (χ2v) is 9.53. The van der Waals surface area contributed by atoms with E-state index in [-0.39, 0.29) is 28.7 Å². The van der Waals surface area contributed by atoms with Gasteiger partial charge in [0, 0.05) is 30.4 Å². The highest BCUT2D eigenvalue weighted by Crippen LogP contribution is 2.25. The Kier molecular flexibility index (Phi) is 8.23. The van der Waals surface area contributed by atoms with Crippen molar-refractivity contribution in [3.8, 4) is 22.7 Å². The number of hydrogen-bond acceptors (Lipinski definition) is 9. The van der Waals surface area contributed by atoms with Crippen LogP contribution in [0, 0.1) is 17.2 Å². The number of anilines is 1. The molecule has 1 aliphatic rings. The summed E-state index contributed by atoms with van der Waals surface area (Å²) >= 11 is 1.70. The molecule has 4 heterocycles. The van der Waals surface area contributed by atoms with Gasteiger partial charge in [-0.15, -0.1) is 11.3 Å². The van der Waals surface area contributed by atoms with Gasteiger partial charge in [-0.05, 0) is 63.4 Å². The molecule has 10 heteroatoms. The maximum Gasteiger partial charge on any atom is 0.270 e. The second-order valence-electron chi connectivity index (χ2n) is 8.41. The van der Waals surface area contributed by atoms with Gasteiger partial charge in [0.2, 0.25) is 5.88 Å². The van der Waals surface area contributed by atoms with E-state index in [2.05, 4.69) is 25.2 Å². The Morgan fingerprint density at radius 3 is 2.89 bits per heavy atom. The Balaban J connectivity index is 1.22. The maximum atomic E-state index is 12.6. The average Bonchev–Trinajstić information content (AvgIpc) is 3.36. The van der Waals surface area contributed by atoms with Crippen molar-refractivity contribution >= 4 is 22.9 Å². The lowest BCUT2D eigenvalue weighted by Crippen LogP contribution is -2.39. The zero-order valence-electron chi connectivity index (χ0n) is 19.7. The number of piperidine rings is 1. The van der Waals surface area contributed by atoms with E-state index in [9.17, 15) is 10.1 Å². The molecule has 0 unspecified atom stereocenters. The van der Waals surface area contributed by atoms with Crippen LogP contribution < -0.4 is 15.8 Å². The van der Waals surface area contributed by atoms with Crippen molar-refractivity contribution in [1.29, 1.82) is 5.26 Å². The molecule has 9 nitrogen and oxygen atoms in total. The lowest BCUT2D eigenvalue weighted by Gasteiger charge is -2.31. The van der Waals surface area contributed by atoms with Crippen LogP contribution >= 0.6 is 11.3 Å². The molecule has 0 aromatic carbocycles. The Morgan fingerprint density at radius 1 is 1.34 bits per heavy atom. The second kappa shape index (κ2) is 11.7. The van der Waals surface area contributed by atoms with E-state index >= 15 is 0 Å². The van der Waals surface area contributed by atoms with Crippen LogP contribution in [0.1, 0.15) is 40.7 Å². The zero-order chi connectivity index (χ0) is 24.6. The van der Waals surface area contributed by atoms with E-state index in [1.54, 1.807) is 24.5 Å². The number of carbonyl (C=O) groups excluding carboxylic acids is 1. The monoisotopic (exact) mass is 491 g/mol. The number of nitriles is 1. The summed E-state index contributed by atoms with van der Waals surface area (Å²) in [6.45, 7) is 5.71. The van der Waals surface area contributed by atoms with Gasteiger partial charge in [0.15, 0.2) is 0 Å². The molecule has 1 saturated heterocycles. The summed E-state index contributed by atoms with van der Waals surface area (Å²) in [5, 5.41) is 13.2. The summed E-state index contributed by atoms with van der Waals surface area (Å²) in [6.07, 6.45) is 6.76. The SMILES string of the molecule is CCOc1nc(C(=O)NCC2CCN(CCc3cnc(-c4ccccn4)s3)CC2)cc(N)c1C#N. The molecular weight excluding hydrogens is 462 g/mol. The van der Waals surface area contributed by atoms with Gasteiger partial charge in [0.25, 0.3) is 5.91 Å². The number of rotatable bonds is 9. The topological polar surface area (TPSA) is 130 Å². The number of carbonyl (C=O) groups is 1. The molecule has 35 heavy (non-hydrogen) atoms. The summed E-state index contributed by atoms with van der Waals surface area (Å²) in [5.74, 6) is 0.205. The number of nitrogen functional groups attached to an aromatic ring is 1. The average molecular weight is 492 g/mol. The first-order valence-electron chi connectivity index (χ1n) is 11.8. The number of thiazole rings is 1. The van der Waals surface area contributed by atoms with Gasteiger partial charge >= 0.3 is 0 Å². The summed E-state index contributed by atoms with van der Waals surface area (Å²) in [4.78, 5) is 29.5. The summed E-state index contributed by atoms with van der Waals surface area (Å²) in [5.41, 5.74) is 7.35. The van der Waals surface area contributed by atoms with Crippen LogP contribution in [0.5, 0.6) is 5.88 Å². The standard InChI is InChI=1S/C25H29N7O2S/c1-2-34-24-19(14-26)20(27)13-22(31-24)23(33)29-15-17-6-10-32(11-7-17)12-8-18-16-30-25(35-18)21-5-3-4-9-28-21/h3-5,9,13,16-17H,2,6-8,10-12,15H2,1H3,(H2,27,31)(H,29,33). The van der Waals surface area contributed by atoms with Crippen LogP contribution in [0.15, 0.2) is 36.7 Å². The van der Waals surface area contributed by atoms with Crippen LogP contribution in [-0.4, -0.2) is 58.5 Å². The fourth-order valence-corrected chi connectivity index (χ4v) is 4.93.